The first-order valence-corrected chi connectivity index (χ1v) is 6.82. The minimum Gasteiger partial charge on any atom is -0.469 e. The van der Waals surface area contributed by atoms with Crippen molar-refractivity contribution in [1.82, 2.24) is 0 Å². The summed E-state index contributed by atoms with van der Waals surface area (Å²) in [6.45, 7) is 0.265. The number of esters is 2. The number of rotatable bonds is 3. The zero-order chi connectivity index (χ0) is 15.7. The van der Waals surface area contributed by atoms with Crippen LogP contribution in [-0.4, -0.2) is 39.6 Å². The fraction of sp³-hybridized carbons (Fsp3) is 0.467. The number of ether oxygens (including phenoxy) is 5. The van der Waals surface area contributed by atoms with Gasteiger partial charge in [0.25, 0.3) is 0 Å². The fourth-order valence-corrected chi connectivity index (χ4v) is 2.81. The summed E-state index contributed by atoms with van der Waals surface area (Å²) in [4.78, 5) is 24.0. The van der Waals surface area contributed by atoms with Crippen LogP contribution in [0, 0.1) is 11.8 Å². The molecular formula is C15H16O7. The second-order valence-corrected chi connectivity index (χ2v) is 5.05. The molecule has 7 nitrogen and oxygen atoms in total. The number of carbonyl (C=O) groups is 2. The standard InChI is InChI=1S/C15H16O7/c1-18-14(16)9-6-20-13(12(9)15(17)19-2)8-3-4-10-11(5-8)22-7-21-10/h3-5,9,12-13H,6-7H2,1-2H3/t9-,12-,13-/m1/s1. The average molecular weight is 308 g/mol. The molecule has 1 aromatic carbocycles. The van der Waals surface area contributed by atoms with Gasteiger partial charge in [-0.25, -0.2) is 0 Å². The minimum atomic E-state index is -0.752. The molecule has 7 heteroatoms. The molecule has 0 unspecified atom stereocenters. The summed E-state index contributed by atoms with van der Waals surface area (Å²) in [7, 11) is 2.57. The maximum atomic E-state index is 12.1. The molecular weight excluding hydrogens is 292 g/mol. The van der Waals surface area contributed by atoms with Crippen molar-refractivity contribution in [3.8, 4) is 11.5 Å². The number of carbonyl (C=O) groups excluding carboxylic acids is 2. The number of benzene rings is 1. The molecule has 0 N–H and O–H groups in total. The molecule has 1 saturated heterocycles. The lowest BCUT2D eigenvalue weighted by Gasteiger charge is -2.19. The molecule has 0 saturated carbocycles. The van der Waals surface area contributed by atoms with E-state index in [9.17, 15) is 9.59 Å². The monoisotopic (exact) mass is 308 g/mol. The van der Waals surface area contributed by atoms with Crippen LogP contribution in [0.5, 0.6) is 11.5 Å². The molecule has 2 aliphatic heterocycles. The molecule has 0 aromatic heterocycles. The molecule has 0 bridgehead atoms. The van der Waals surface area contributed by atoms with Crippen molar-refractivity contribution in [3.63, 3.8) is 0 Å². The predicted octanol–water partition coefficient (Wildman–Crippen LogP) is 1.06. The molecule has 0 spiro atoms. The van der Waals surface area contributed by atoms with Gasteiger partial charge in [0.05, 0.1) is 32.8 Å². The fourth-order valence-electron chi connectivity index (χ4n) is 2.81. The van der Waals surface area contributed by atoms with Gasteiger partial charge in [0, 0.05) is 0 Å². The lowest BCUT2D eigenvalue weighted by atomic mass is 9.87. The van der Waals surface area contributed by atoms with Crippen LogP contribution in [0.4, 0.5) is 0 Å². The topological polar surface area (TPSA) is 80.3 Å². The Morgan fingerprint density at radius 3 is 2.55 bits per heavy atom. The molecule has 3 atom stereocenters. The van der Waals surface area contributed by atoms with Crippen LogP contribution in [0.2, 0.25) is 0 Å². The average Bonchev–Trinajstić information content (AvgIpc) is 3.18. The van der Waals surface area contributed by atoms with Crippen LogP contribution in [0.15, 0.2) is 18.2 Å². The Kier molecular flexibility index (Phi) is 3.89. The highest BCUT2D eigenvalue weighted by atomic mass is 16.7. The third-order valence-corrected chi connectivity index (χ3v) is 3.92. The quantitative estimate of drug-likeness (QED) is 0.772. The summed E-state index contributed by atoms with van der Waals surface area (Å²) in [6.07, 6.45) is -0.592. The third kappa shape index (κ3) is 2.37. The van der Waals surface area contributed by atoms with Gasteiger partial charge in [0.2, 0.25) is 6.79 Å². The Morgan fingerprint density at radius 1 is 1.09 bits per heavy atom. The van der Waals surface area contributed by atoms with Gasteiger partial charge in [-0.05, 0) is 17.7 Å². The van der Waals surface area contributed by atoms with E-state index in [1.807, 2.05) is 0 Å². The van der Waals surface area contributed by atoms with E-state index in [1.165, 1.54) is 14.2 Å². The van der Waals surface area contributed by atoms with Gasteiger partial charge in [-0.2, -0.15) is 0 Å². The first-order valence-electron chi connectivity index (χ1n) is 6.82. The van der Waals surface area contributed by atoms with Crippen molar-refractivity contribution in [2.24, 2.45) is 11.8 Å². The van der Waals surface area contributed by atoms with Crippen molar-refractivity contribution >= 4 is 11.9 Å². The normalized spacial score (nSPS) is 25.8. The summed E-state index contributed by atoms with van der Waals surface area (Å²) in [6, 6.07) is 5.29. The van der Waals surface area contributed by atoms with Gasteiger partial charge in [-0.3, -0.25) is 9.59 Å². The summed E-state index contributed by atoms with van der Waals surface area (Å²) >= 11 is 0. The summed E-state index contributed by atoms with van der Waals surface area (Å²) in [5.41, 5.74) is 0.728. The molecule has 118 valence electrons. The van der Waals surface area contributed by atoms with Gasteiger partial charge in [-0.15, -0.1) is 0 Å². The summed E-state index contributed by atoms with van der Waals surface area (Å²) in [5, 5.41) is 0. The Bertz CT molecular complexity index is 598. The molecule has 1 fully saturated rings. The lowest BCUT2D eigenvalue weighted by Crippen LogP contribution is -2.31. The maximum Gasteiger partial charge on any atom is 0.312 e. The van der Waals surface area contributed by atoms with Gasteiger partial charge in [-0.1, -0.05) is 6.07 Å². The largest absolute Gasteiger partial charge is 0.469 e. The highest BCUT2D eigenvalue weighted by molar-refractivity contribution is 5.83. The van der Waals surface area contributed by atoms with E-state index in [4.69, 9.17) is 23.7 Å². The Labute approximate surface area is 127 Å². The Balaban J connectivity index is 1.91. The van der Waals surface area contributed by atoms with Crippen LogP contribution in [0.25, 0.3) is 0 Å². The van der Waals surface area contributed by atoms with Gasteiger partial charge < -0.3 is 23.7 Å². The minimum absolute atomic E-state index is 0.103. The Morgan fingerprint density at radius 2 is 1.82 bits per heavy atom. The van der Waals surface area contributed by atoms with Crippen LogP contribution in [-0.2, 0) is 23.8 Å². The van der Waals surface area contributed by atoms with E-state index < -0.39 is 29.9 Å². The Hall–Kier alpha value is -2.28. The van der Waals surface area contributed by atoms with Crippen molar-refractivity contribution in [2.75, 3.05) is 27.6 Å². The number of fused-ring (bicyclic) bond motifs is 1. The molecule has 1 aromatic rings. The van der Waals surface area contributed by atoms with Gasteiger partial charge >= 0.3 is 11.9 Å². The van der Waals surface area contributed by atoms with Crippen LogP contribution >= 0.6 is 0 Å². The zero-order valence-corrected chi connectivity index (χ0v) is 12.2. The van der Waals surface area contributed by atoms with Crippen molar-refractivity contribution in [3.05, 3.63) is 23.8 Å². The number of methoxy groups -OCH3 is 2. The summed E-state index contributed by atoms with van der Waals surface area (Å²) in [5.74, 6) is -1.20. The van der Waals surface area contributed by atoms with E-state index in [0.717, 1.165) is 5.56 Å². The second kappa shape index (κ2) is 5.84. The third-order valence-electron chi connectivity index (χ3n) is 3.92. The van der Waals surface area contributed by atoms with Crippen molar-refractivity contribution < 1.29 is 33.3 Å². The maximum absolute atomic E-state index is 12.1. The molecule has 2 aliphatic rings. The molecule has 0 amide bonds. The van der Waals surface area contributed by atoms with Crippen molar-refractivity contribution in [2.45, 2.75) is 6.10 Å². The molecule has 22 heavy (non-hydrogen) atoms. The predicted molar refractivity (Wildman–Crippen MR) is 72.3 cm³/mol. The van der Waals surface area contributed by atoms with Crippen LogP contribution < -0.4 is 9.47 Å². The first kappa shape index (κ1) is 14.6. The van der Waals surface area contributed by atoms with Crippen LogP contribution in [0.1, 0.15) is 11.7 Å². The highest BCUT2D eigenvalue weighted by Crippen LogP contribution is 2.43. The van der Waals surface area contributed by atoms with E-state index in [0.29, 0.717) is 11.5 Å². The molecule has 3 rings (SSSR count). The smallest absolute Gasteiger partial charge is 0.312 e. The first-order chi connectivity index (χ1) is 10.7. The van der Waals surface area contributed by atoms with E-state index in [1.54, 1.807) is 18.2 Å². The van der Waals surface area contributed by atoms with Crippen molar-refractivity contribution in [1.29, 1.82) is 0 Å². The van der Waals surface area contributed by atoms with Gasteiger partial charge in [0.15, 0.2) is 11.5 Å². The van der Waals surface area contributed by atoms with Crippen LogP contribution in [0.3, 0.4) is 0 Å². The van der Waals surface area contributed by atoms with E-state index in [-0.39, 0.29) is 13.4 Å². The molecule has 0 radical (unpaired) electrons. The SMILES string of the molecule is COC(=O)[C@H]1[C@@H](c2ccc3c(c2)OCO3)OC[C@H]1C(=O)OC. The van der Waals surface area contributed by atoms with E-state index in [2.05, 4.69) is 0 Å². The summed E-state index contributed by atoms with van der Waals surface area (Å²) < 4.78 is 25.8. The molecule has 2 heterocycles. The second-order valence-electron chi connectivity index (χ2n) is 5.05. The highest BCUT2D eigenvalue weighted by Gasteiger charge is 2.48. The molecule has 0 aliphatic carbocycles. The lowest BCUT2D eigenvalue weighted by molar-refractivity contribution is -0.156. The number of hydrogen-bond acceptors (Lipinski definition) is 7. The zero-order valence-electron chi connectivity index (χ0n) is 12.2. The van der Waals surface area contributed by atoms with Gasteiger partial charge in [0.1, 0.15) is 5.92 Å². The number of hydrogen-bond donors (Lipinski definition) is 0. The van der Waals surface area contributed by atoms with E-state index >= 15 is 0 Å².